The third kappa shape index (κ3) is 7.91. The zero-order chi connectivity index (χ0) is 29.3. The van der Waals surface area contributed by atoms with Gasteiger partial charge < -0.3 is 23.8 Å². The second kappa shape index (κ2) is 13.7. The number of nitrogens with zero attached hydrogens (tertiary/aromatic N) is 3. The van der Waals surface area contributed by atoms with Gasteiger partial charge in [-0.25, -0.2) is 9.97 Å². The minimum atomic E-state index is -0.379. The number of nitrogens with one attached hydrogen (secondary N) is 1. The van der Waals surface area contributed by atoms with Gasteiger partial charge in [-0.1, -0.05) is 36.0 Å². The summed E-state index contributed by atoms with van der Waals surface area (Å²) < 4.78 is 22.8. The molecule has 1 aromatic heterocycles. The van der Waals surface area contributed by atoms with E-state index in [0.717, 1.165) is 46.0 Å². The number of imide groups is 1. The molecule has 1 unspecified atom stereocenters. The van der Waals surface area contributed by atoms with Gasteiger partial charge in [0.05, 0.1) is 18.9 Å². The predicted octanol–water partition coefficient (Wildman–Crippen LogP) is 5.27. The Kier molecular flexibility index (Phi) is 9.40. The first-order chi connectivity index (χ1) is 20.4. The summed E-state index contributed by atoms with van der Waals surface area (Å²) in [4.78, 5) is 33.6. The van der Waals surface area contributed by atoms with Gasteiger partial charge in [-0.15, -0.1) is 0 Å². The summed E-state index contributed by atoms with van der Waals surface area (Å²) in [7, 11) is 3.55. The summed E-state index contributed by atoms with van der Waals surface area (Å²) in [5.41, 5.74) is 1.98. The predicted molar refractivity (Wildman–Crippen MR) is 160 cm³/mol. The summed E-state index contributed by atoms with van der Waals surface area (Å²) in [5, 5.41) is 1.64. The van der Waals surface area contributed by atoms with E-state index in [0.29, 0.717) is 37.8 Å². The van der Waals surface area contributed by atoms with E-state index in [9.17, 15) is 9.59 Å². The SMILES string of the molecule is COc1ccc(Oc2cc(N(C)CCOc3ccc(COc4ccc(CC5SC(=O)NC5=O)cc4)cc3)ncn2)cc1. The molecule has 0 saturated carbocycles. The fourth-order valence-corrected chi connectivity index (χ4v) is 4.95. The van der Waals surface area contributed by atoms with Gasteiger partial charge in [-0.3, -0.25) is 14.9 Å². The lowest BCUT2D eigenvalue weighted by Gasteiger charge is -2.18. The van der Waals surface area contributed by atoms with Crippen molar-refractivity contribution in [2.45, 2.75) is 18.3 Å². The molecule has 4 aromatic rings. The number of aromatic nitrogens is 2. The van der Waals surface area contributed by atoms with Gasteiger partial charge in [0.2, 0.25) is 11.8 Å². The Balaban J connectivity index is 1.04. The van der Waals surface area contributed by atoms with Gasteiger partial charge in [0.25, 0.3) is 5.24 Å². The monoisotopic (exact) mass is 586 g/mol. The van der Waals surface area contributed by atoms with Gasteiger partial charge in [0, 0.05) is 13.1 Å². The highest BCUT2D eigenvalue weighted by Crippen LogP contribution is 2.25. The fourth-order valence-electron chi connectivity index (χ4n) is 4.09. The Morgan fingerprint density at radius 1 is 0.833 bits per heavy atom. The van der Waals surface area contributed by atoms with E-state index in [4.69, 9.17) is 18.9 Å². The molecule has 5 rings (SSSR count). The molecule has 0 radical (unpaired) electrons. The third-order valence-electron chi connectivity index (χ3n) is 6.44. The quantitative estimate of drug-likeness (QED) is 0.222. The maximum Gasteiger partial charge on any atom is 0.286 e. The number of likely N-dealkylation sites (N-methyl/N-ethyl adjacent to an activating group) is 1. The van der Waals surface area contributed by atoms with Crippen LogP contribution in [0.3, 0.4) is 0 Å². The van der Waals surface area contributed by atoms with Crippen molar-refractivity contribution in [2.75, 3.05) is 32.2 Å². The van der Waals surface area contributed by atoms with Crippen LogP contribution in [0, 0.1) is 0 Å². The number of thioether (sulfide) groups is 1. The van der Waals surface area contributed by atoms with Crippen LogP contribution < -0.4 is 29.2 Å². The molecule has 11 heteroatoms. The molecule has 1 atom stereocenters. The molecule has 1 fully saturated rings. The largest absolute Gasteiger partial charge is 0.497 e. The molecule has 1 aliphatic heterocycles. The Morgan fingerprint density at radius 3 is 2.14 bits per heavy atom. The van der Waals surface area contributed by atoms with E-state index in [-0.39, 0.29) is 16.4 Å². The van der Waals surface area contributed by atoms with Gasteiger partial charge in [-0.2, -0.15) is 0 Å². The molecule has 1 aliphatic rings. The van der Waals surface area contributed by atoms with Crippen LogP contribution in [-0.2, 0) is 17.8 Å². The van der Waals surface area contributed by atoms with Crippen molar-refractivity contribution < 1.29 is 28.5 Å². The number of hydrogen-bond donors (Lipinski definition) is 1. The zero-order valence-electron chi connectivity index (χ0n) is 23.2. The lowest BCUT2D eigenvalue weighted by molar-refractivity contribution is -0.118. The molecule has 10 nitrogen and oxygen atoms in total. The maximum absolute atomic E-state index is 11.8. The van der Waals surface area contributed by atoms with Crippen molar-refractivity contribution >= 4 is 28.7 Å². The summed E-state index contributed by atoms with van der Waals surface area (Å²) >= 11 is 1.03. The number of ether oxygens (including phenoxy) is 4. The average molecular weight is 587 g/mol. The normalized spacial score (nSPS) is 14.3. The number of carbonyl (C=O) groups is 2. The number of amides is 2. The van der Waals surface area contributed by atoms with Crippen molar-refractivity contribution in [1.29, 1.82) is 0 Å². The Hall–Kier alpha value is -4.77. The van der Waals surface area contributed by atoms with Crippen LogP contribution in [0.1, 0.15) is 11.1 Å². The van der Waals surface area contributed by atoms with Crippen molar-refractivity contribution in [2.24, 2.45) is 0 Å². The standard InChI is InChI=1S/C31H30N4O6S/c1-35(28-18-29(33-20-32-28)41-26-13-11-23(38-2)12-14-26)15-16-39-24-9-5-22(6-10-24)19-40-25-7-3-21(4-8-25)17-27-30(36)34-31(37)42-27/h3-14,18,20,27H,15-17,19H2,1-2H3,(H,34,36,37). The Bertz CT molecular complexity index is 1500. The average Bonchev–Trinajstić information content (AvgIpc) is 3.33. The van der Waals surface area contributed by atoms with Crippen molar-refractivity contribution in [1.82, 2.24) is 15.3 Å². The Morgan fingerprint density at radius 2 is 1.48 bits per heavy atom. The van der Waals surface area contributed by atoms with E-state index in [2.05, 4.69) is 15.3 Å². The molecule has 42 heavy (non-hydrogen) atoms. The van der Waals surface area contributed by atoms with E-state index in [1.165, 1.54) is 6.33 Å². The molecule has 3 aromatic carbocycles. The number of benzene rings is 3. The highest BCUT2D eigenvalue weighted by molar-refractivity contribution is 8.15. The number of hydrogen-bond acceptors (Lipinski definition) is 10. The van der Waals surface area contributed by atoms with E-state index >= 15 is 0 Å². The van der Waals surface area contributed by atoms with E-state index < -0.39 is 0 Å². The van der Waals surface area contributed by atoms with Gasteiger partial charge in [-0.05, 0) is 66.1 Å². The second-order valence-corrected chi connectivity index (χ2v) is 10.6. The number of rotatable bonds is 13. The van der Waals surface area contributed by atoms with Crippen LogP contribution in [0.5, 0.6) is 28.9 Å². The molecule has 0 aliphatic carbocycles. The van der Waals surface area contributed by atoms with Crippen molar-refractivity contribution in [3.05, 3.63) is 96.3 Å². The maximum atomic E-state index is 11.8. The summed E-state index contributed by atoms with van der Waals surface area (Å²) in [6.07, 6.45) is 1.97. The lowest BCUT2D eigenvalue weighted by Crippen LogP contribution is -2.25. The fraction of sp³-hybridized carbons (Fsp3) is 0.226. The molecule has 0 spiro atoms. The minimum Gasteiger partial charge on any atom is -0.497 e. The van der Waals surface area contributed by atoms with Crippen molar-refractivity contribution in [3.63, 3.8) is 0 Å². The molecule has 1 N–H and O–H groups in total. The van der Waals surface area contributed by atoms with Crippen LogP contribution in [0.25, 0.3) is 0 Å². The molecule has 2 amide bonds. The van der Waals surface area contributed by atoms with E-state index in [1.54, 1.807) is 13.2 Å². The summed E-state index contributed by atoms with van der Waals surface area (Å²) in [6, 6.07) is 24.4. The topological polar surface area (TPSA) is 112 Å². The van der Waals surface area contributed by atoms with Crippen LogP contribution in [0.15, 0.2) is 85.2 Å². The molecule has 1 saturated heterocycles. The molecule has 2 heterocycles. The first-order valence-corrected chi connectivity index (χ1v) is 14.1. The number of methoxy groups -OCH3 is 1. The third-order valence-corrected chi connectivity index (χ3v) is 7.42. The molecule has 0 bridgehead atoms. The van der Waals surface area contributed by atoms with Crippen LogP contribution >= 0.6 is 11.8 Å². The first kappa shape index (κ1) is 28.7. The zero-order valence-corrected chi connectivity index (χ0v) is 24.0. The summed E-state index contributed by atoms with van der Waals surface area (Å²) in [6.45, 7) is 1.49. The number of anilines is 1. The summed E-state index contributed by atoms with van der Waals surface area (Å²) in [5.74, 6) is 3.82. The van der Waals surface area contributed by atoms with Crippen LogP contribution in [0.2, 0.25) is 0 Å². The van der Waals surface area contributed by atoms with Gasteiger partial charge >= 0.3 is 0 Å². The Labute approximate surface area is 248 Å². The highest BCUT2D eigenvalue weighted by Gasteiger charge is 2.31. The second-order valence-electron chi connectivity index (χ2n) is 9.43. The molecular weight excluding hydrogens is 556 g/mol. The first-order valence-electron chi connectivity index (χ1n) is 13.3. The molecule has 216 valence electrons. The molecular formula is C31H30N4O6S. The van der Waals surface area contributed by atoms with Gasteiger partial charge in [0.1, 0.15) is 48.4 Å². The van der Waals surface area contributed by atoms with Crippen molar-refractivity contribution in [3.8, 4) is 28.9 Å². The smallest absolute Gasteiger partial charge is 0.286 e. The number of carbonyl (C=O) groups excluding carboxylic acids is 2. The van der Waals surface area contributed by atoms with Crippen LogP contribution in [0.4, 0.5) is 10.6 Å². The van der Waals surface area contributed by atoms with Gasteiger partial charge in [0.15, 0.2) is 0 Å². The highest BCUT2D eigenvalue weighted by atomic mass is 32.2. The van der Waals surface area contributed by atoms with Crippen LogP contribution in [-0.4, -0.2) is 53.7 Å². The minimum absolute atomic E-state index is 0.235. The van der Waals surface area contributed by atoms with E-state index in [1.807, 2.05) is 84.7 Å². The lowest BCUT2D eigenvalue weighted by atomic mass is 10.1.